The van der Waals surface area contributed by atoms with Crippen molar-refractivity contribution in [1.82, 2.24) is 15.5 Å². The number of hydrogen-bond acceptors (Lipinski definition) is 5. The first-order chi connectivity index (χ1) is 12.7. The summed E-state index contributed by atoms with van der Waals surface area (Å²) in [5, 5.41) is 6.27. The summed E-state index contributed by atoms with van der Waals surface area (Å²) in [6.45, 7) is 9.68. The van der Waals surface area contributed by atoms with Crippen molar-refractivity contribution < 1.29 is 19.1 Å². The Morgan fingerprint density at radius 3 is 2.32 bits per heavy atom. The Hall–Kier alpha value is -1.26. The Morgan fingerprint density at radius 1 is 1.25 bits per heavy atom. The van der Waals surface area contributed by atoms with Crippen LogP contribution in [0.4, 0.5) is 4.79 Å². The van der Waals surface area contributed by atoms with E-state index in [1.54, 1.807) is 7.05 Å². The van der Waals surface area contributed by atoms with E-state index in [1.165, 1.54) is 7.11 Å². The minimum Gasteiger partial charge on any atom is -0.469 e. The van der Waals surface area contributed by atoms with Crippen LogP contribution in [0.25, 0.3) is 0 Å². The zero-order valence-electron chi connectivity index (χ0n) is 18.0. The Kier molecular flexibility index (Phi) is 12.5. The van der Waals surface area contributed by atoms with E-state index in [9.17, 15) is 9.59 Å². The molecule has 1 fully saturated rings. The molecule has 0 aromatic carbocycles. The molecule has 1 aliphatic rings. The van der Waals surface area contributed by atoms with Gasteiger partial charge in [0, 0.05) is 32.7 Å². The van der Waals surface area contributed by atoms with Gasteiger partial charge in [-0.15, -0.1) is 24.0 Å². The van der Waals surface area contributed by atoms with Gasteiger partial charge in [-0.1, -0.05) is 13.3 Å². The quantitative estimate of drug-likeness (QED) is 0.246. The van der Waals surface area contributed by atoms with Gasteiger partial charge in [0.15, 0.2) is 5.96 Å². The normalized spacial score (nSPS) is 16.6. The molecule has 1 rings (SSSR count). The van der Waals surface area contributed by atoms with Gasteiger partial charge in [0.05, 0.1) is 13.0 Å². The number of methoxy groups -OCH3 is 1. The van der Waals surface area contributed by atoms with E-state index in [0.717, 1.165) is 44.7 Å². The molecule has 0 saturated carbocycles. The van der Waals surface area contributed by atoms with Gasteiger partial charge < -0.3 is 25.0 Å². The van der Waals surface area contributed by atoms with Crippen molar-refractivity contribution in [2.75, 3.05) is 33.8 Å². The van der Waals surface area contributed by atoms with Gasteiger partial charge in [-0.05, 0) is 40.0 Å². The smallest absolute Gasteiger partial charge is 0.407 e. The standard InChI is InChI=1S/C19H36N4O4.HI/c1-7-8-15(22-18(25)27-19(2,3)4)13-21-17(20-5)23-11-9-14(10-12-23)16(24)26-6;/h14-15H,7-13H2,1-6H3,(H,20,21)(H,22,25);1H. The van der Waals surface area contributed by atoms with Crippen LogP contribution >= 0.6 is 24.0 Å². The van der Waals surface area contributed by atoms with E-state index in [1.807, 2.05) is 20.8 Å². The molecule has 1 unspecified atom stereocenters. The first kappa shape index (κ1) is 26.7. The molecule has 0 aromatic heterocycles. The largest absolute Gasteiger partial charge is 0.469 e. The highest BCUT2D eigenvalue weighted by molar-refractivity contribution is 14.0. The van der Waals surface area contributed by atoms with Crippen LogP contribution in [-0.4, -0.2) is 68.4 Å². The Bertz CT molecular complexity index is 515. The molecule has 0 spiro atoms. The SMILES string of the molecule is CCCC(CNC(=NC)N1CCC(C(=O)OC)CC1)NC(=O)OC(C)(C)C.I. The molecule has 2 N–H and O–H groups in total. The second-order valence-corrected chi connectivity index (χ2v) is 7.84. The fourth-order valence-electron chi connectivity index (χ4n) is 3.09. The molecule has 0 aliphatic carbocycles. The second-order valence-electron chi connectivity index (χ2n) is 7.84. The summed E-state index contributed by atoms with van der Waals surface area (Å²) in [4.78, 5) is 30.2. The number of piperidine rings is 1. The number of carbonyl (C=O) groups excluding carboxylic acids is 2. The molecule has 9 heteroatoms. The van der Waals surface area contributed by atoms with Crippen molar-refractivity contribution in [3.05, 3.63) is 0 Å². The number of ether oxygens (including phenoxy) is 2. The van der Waals surface area contributed by atoms with E-state index in [4.69, 9.17) is 9.47 Å². The van der Waals surface area contributed by atoms with Crippen LogP contribution in [-0.2, 0) is 14.3 Å². The summed E-state index contributed by atoms with van der Waals surface area (Å²) in [5.74, 6) is 0.610. The first-order valence-electron chi connectivity index (χ1n) is 9.73. The van der Waals surface area contributed by atoms with Crippen LogP contribution in [0.1, 0.15) is 53.4 Å². The lowest BCUT2D eigenvalue weighted by molar-refractivity contribution is -0.146. The molecule has 164 valence electrons. The van der Waals surface area contributed by atoms with Gasteiger partial charge in [-0.25, -0.2) is 4.79 Å². The predicted molar refractivity (Wildman–Crippen MR) is 121 cm³/mol. The fraction of sp³-hybridized carbons (Fsp3) is 0.842. The number of likely N-dealkylation sites (tertiary alicyclic amines) is 1. The Morgan fingerprint density at radius 2 is 1.86 bits per heavy atom. The number of nitrogens with zero attached hydrogens (tertiary/aromatic N) is 2. The number of aliphatic imine (C=N–C) groups is 1. The summed E-state index contributed by atoms with van der Waals surface area (Å²) in [6, 6.07) is -0.0470. The van der Waals surface area contributed by atoms with Gasteiger partial charge >= 0.3 is 12.1 Å². The van der Waals surface area contributed by atoms with Crippen LogP contribution in [0.3, 0.4) is 0 Å². The zero-order valence-corrected chi connectivity index (χ0v) is 20.4. The summed E-state index contributed by atoms with van der Waals surface area (Å²) < 4.78 is 10.2. The highest BCUT2D eigenvalue weighted by atomic mass is 127. The summed E-state index contributed by atoms with van der Waals surface area (Å²) in [6.07, 6.45) is 2.89. The number of carbonyl (C=O) groups is 2. The molecule has 1 amide bonds. The average Bonchev–Trinajstić information content (AvgIpc) is 2.60. The fourth-order valence-corrected chi connectivity index (χ4v) is 3.09. The highest BCUT2D eigenvalue weighted by Crippen LogP contribution is 2.18. The van der Waals surface area contributed by atoms with E-state index in [2.05, 4.69) is 27.4 Å². The molecule has 0 aromatic rings. The van der Waals surface area contributed by atoms with Gasteiger partial charge in [0.1, 0.15) is 5.60 Å². The Labute approximate surface area is 186 Å². The van der Waals surface area contributed by atoms with E-state index < -0.39 is 11.7 Å². The molecule has 1 saturated heterocycles. The lowest BCUT2D eigenvalue weighted by atomic mass is 9.97. The topological polar surface area (TPSA) is 92.3 Å². The number of rotatable bonds is 6. The summed E-state index contributed by atoms with van der Waals surface area (Å²) >= 11 is 0. The molecule has 28 heavy (non-hydrogen) atoms. The number of alkyl carbamates (subject to hydrolysis) is 1. The van der Waals surface area contributed by atoms with Gasteiger partial charge in [-0.3, -0.25) is 9.79 Å². The minimum absolute atomic E-state index is 0. The number of hydrogen-bond donors (Lipinski definition) is 2. The van der Waals surface area contributed by atoms with Gasteiger partial charge in [0.25, 0.3) is 0 Å². The molecule has 8 nitrogen and oxygen atoms in total. The number of nitrogens with one attached hydrogen (secondary N) is 2. The minimum atomic E-state index is -0.520. The molecule has 0 bridgehead atoms. The van der Waals surface area contributed by atoms with Crippen LogP contribution in [0, 0.1) is 5.92 Å². The number of esters is 1. The second kappa shape index (κ2) is 13.1. The third-order valence-electron chi connectivity index (χ3n) is 4.41. The number of amides is 1. The maximum Gasteiger partial charge on any atom is 0.407 e. The first-order valence-corrected chi connectivity index (χ1v) is 9.73. The lowest BCUT2D eigenvalue weighted by Gasteiger charge is -2.33. The lowest BCUT2D eigenvalue weighted by Crippen LogP contribution is -2.51. The molecular weight excluding hydrogens is 475 g/mol. The zero-order chi connectivity index (χ0) is 20.4. The molecule has 1 heterocycles. The summed E-state index contributed by atoms with van der Waals surface area (Å²) in [5.41, 5.74) is -0.520. The van der Waals surface area contributed by atoms with Gasteiger partial charge in [0.2, 0.25) is 0 Å². The van der Waals surface area contributed by atoms with E-state index in [-0.39, 0.29) is 41.9 Å². The third kappa shape index (κ3) is 9.79. The van der Waals surface area contributed by atoms with Crippen LogP contribution in [0.2, 0.25) is 0 Å². The van der Waals surface area contributed by atoms with Crippen molar-refractivity contribution in [2.45, 2.75) is 65.0 Å². The average molecular weight is 512 g/mol. The predicted octanol–water partition coefficient (Wildman–Crippen LogP) is 2.76. The van der Waals surface area contributed by atoms with Crippen LogP contribution in [0.15, 0.2) is 4.99 Å². The van der Waals surface area contributed by atoms with Crippen LogP contribution < -0.4 is 10.6 Å². The number of halogens is 1. The van der Waals surface area contributed by atoms with Crippen molar-refractivity contribution >= 4 is 42.0 Å². The third-order valence-corrected chi connectivity index (χ3v) is 4.41. The monoisotopic (exact) mass is 512 g/mol. The molecular formula is C19H37IN4O4. The maximum atomic E-state index is 12.0. The molecule has 1 aliphatic heterocycles. The van der Waals surface area contributed by atoms with Crippen LogP contribution in [0.5, 0.6) is 0 Å². The van der Waals surface area contributed by atoms with Crippen molar-refractivity contribution in [2.24, 2.45) is 10.9 Å². The van der Waals surface area contributed by atoms with Gasteiger partial charge in [-0.2, -0.15) is 0 Å². The number of guanidine groups is 1. The maximum absolute atomic E-state index is 12.0. The molecule has 1 atom stereocenters. The Balaban J connectivity index is 0.00000729. The molecule has 0 radical (unpaired) electrons. The van der Waals surface area contributed by atoms with E-state index in [0.29, 0.717) is 6.54 Å². The summed E-state index contributed by atoms with van der Waals surface area (Å²) in [7, 11) is 3.17. The highest BCUT2D eigenvalue weighted by Gasteiger charge is 2.27. The van der Waals surface area contributed by atoms with E-state index >= 15 is 0 Å². The van der Waals surface area contributed by atoms with Crippen molar-refractivity contribution in [3.63, 3.8) is 0 Å². The van der Waals surface area contributed by atoms with Crippen molar-refractivity contribution in [1.29, 1.82) is 0 Å². The van der Waals surface area contributed by atoms with Crippen molar-refractivity contribution in [3.8, 4) is 0 Å².